The van der Waals surface area contributed by atoms with Gasteiger partial charge in [0.05, 0.1) is 0 Å². The molecule has 6 rings (SSSR count). The van der Waals surface area contributed by atoms with E-state index in [2.05, 4.69) is 76.9 Å². The Kier molecular flexibility index (Phi) is 7.29. The average molecular weight is 642 g/mol. The molecule has 1 spiro atoms. The molecule has 3 aromatic rings. The van der Waals surface area contributed by atoms with E-state index in [1.807, 2.05) is 18.2 Å². The summed E-state index contributed by atoms with van der Waals surface area (Å²) in [6.07, 6.45) is 2.99. The van der Waals surface area contributed by atoms with E-state index in [1.165, 1.54) is 17.8 Å². The van der Waals surface area contributed by atoms with Gasteiger partial charge in [0.2, 0.25) is 0 Å². The van der Waals surface area contributed by atoms with Gasteiger partial charge in [0, 0.05) is 0 Å². The van der Waals surface area contributed by atoms with E-state index in [0.29, 0.717) is 19.3 Å². The molecule has 2 unspecified atom stereocenters. The number of fused-ring (bicyclic) bond motifs is 1. The fourth-order valence-electron chi connectivity index (χ4n) is 6.95. The summed E-state index contributed by atoms with van der Waals surface area (Å²) in [4.78, 5) is 41.2. The molecule has 0 bridgehead atoms. The summed E-state index contributed by atoms with van der Waals surface area (Å²) in [5.41, 5.74) is -0.180. The van der Waals surface area contributed by atoms with Crippen molar-refractivity contribution in [3.05, 3.63) is 101 Å². The molecule has 1 amide bonds. The van der Waals surface area contributed by atoms with Crippen LogP contribution in [0.3, 0.4) is 0 Å². The number of carbonyl (C=O) groups excluding carboxylic acids is 3. The van der Waals surface area contributed by atoms with Gasteiger partial charge >= 0.3 is 240 Å². The van der Waals surface area contributed by atoms with Gasteiger partial charge in [-0.2, -0.15) is 0 Å². The Morgan fingerprint density at radius 2 is 1.45 bits per heavy atom. The number of nitrogens with zero attached hydrogens (tertiary/aromatic N) is 1. The topological polar surface area (TPSA) is 72.9 Å². The molecule has 0 N–H and O–H groups in total. The summed E-state index contributed by atoms with van der Waals surface area (Å²) < 4.78 is 17.4. The van der Waals surface area contributed by atoms with E-state index in [-0.39, 0.29) is 24.3 Å². The summed E-state index contributed by atoms with van der Waals surface area (Å²) >= 11 is -3.89. The Hall–Kier alpha value is -3.39. The summed E-state index contributed by atoms with van der Waals surface area (Å²) in [5.74, 6) is -1.03. The Bertz CT molecular complexity index is 1340. The van der Waals surface area contributed by atoms with Crippen molar-refractivity contribution < 1.29 is 23.9 Å². The van der Waals surface area contributed by atoms with Crippen LogP contribution in [0.4, 0.5) is 0 Å². The molecule has 3 aliphatic heterocycles. The predicted molar refractivity (Wildman–Crippen MR) is 155 cm³/mol. The second kappa shape index (κ2) is 10.9. The van der Waals surface area contributed by atoms with Crippen LogP contribution in [-0.2, 0) is 23.9 Å². The van der Waals surface area contributed by atoms with Crippen molar-refractivity contribution in [2.75, 3.05) is 7.11 Å². The molecular weight excluding hydrogens is 609 g/mol. The third kappa shape index (κ3) is 4.46. The molecule has 0 saturated carbocycles. The molecule has 3 heterocycles. The number of rotatable bonds is 5. The van der Waals surface area contributed by atoms with Crippen molar-refractivity contribution in [3.8, 4) is 0 Å². The molecule has 3 fully saturated rings. The van der Waals surface area contributed by atoms with Crippen LogP contribution in [0.15, 0.2) is 101 Å². The molecule has 0 radical (unpaired) electrons. The molecule has 3 saturated heterocycles. The monoisotopic (exact) mass is 643 g/mol. The van der Waals surface area contributed by atoms with Crippen LogP contribution in [0.25, 0.3) is 0 Å². The number of benzene rings is 3. The summed E-state index contributed by atoms with van der Waals surface area (Å²) in [5, 5.41) is 0. The molecule has 6 nitrogen and oxygen atoms in total. The van der Waals surface area contributed by atoms with Crippen LogP contribution in [0.2, 0.25) is 0 Å². The predicted octanol–water partition coefficient (Wildman–Crippen LogP) is 3.02. The Balaban J connectivity index is 1.62. The molecule has 0 aromatic heterocycles. The molecule has 204 valence electrons. The number of methoxy groups -OCH3 is 1. The van der Waals surface area contributed by atoms with Gasteiger partial charge in [-0.05, 0) is 0 Å². The number of hydrogen-bond acceptors (Lipinski definition) is 5. The second-order valence-corrected chi connectivity index (χ2v) is 21.3. The van der Waals surface area contributed by atoms with E-state index in [4.69, 9.17) is 9.47 Å². The molecule has 0 aliphatic carbocycles. The maximum absolute atomic E-state index is 14.1. The second-order valence-electron chi connectivity index (χ2n) is 11.0. The summed E-state index contributed by atoms with van der Waals surface area (Å²) in [6, 6.07) is 31.1. The van der Waals surface area contributed by atoms with Crippen molar-refractivity contribution >= 4 is 47.0 Å². The first-order valence-corrected chi connectivity index (χ1v) is 19.9. The van der Waals surface area contributed by atoms with E-state index in [9.17, 15) is 14.4 Å². The summed E-state index contributed by atoms with van der Waals surface area (Å²) in [6.45, 7) is 0. The Morgan fingerprint density at radius 1 is 0.900 bits per heavy atom. The van der Waals surface area contributed by atoms with Crippen molar-refractivity contribution in [3.63, 3.8) is 0 Å². The summed E-state index contributed by atoms with van der Waals surface area (Å²) in [7, 11) is 1.37. The minimum atomic E-state index is -3.89. The van der Waals surface area contributed by atoms with Gasteiger partial charge in [0.15, 0.2) is 0 Å². The van der Waals surface area contributed by atoms with Crippen molar-refractivity contribution in [1.82, 2.24) is 4.90 Å². The first-order valence-electron chi connectivity index (χ1n) is 14.0. The number of carbonyl (C=O) groups is 3. The number of piperidine rings is 2. The van der Waals surface area contributed by atoms with E-state index < -0.39 is 36.0 Å². The zero-order valence-electron chi connectivity index (χ0n) is 22.6. The quantitative estimate of drug-likeness (QED) is 0.317. The fraction of sp³-hybridized carbons (Fsp3) is 0.303. The number of hydrogen-bond donors (Lipinski definition) is 0. The van der Waals surface area contributed by atoms with Gasteiger partial charge < -0.3 is 0 Å². The van der Waals surface area contributed by atoms with E-state index in [0.717, 1.165) is 18.4 Å². The van der Waals surface area contributed by atoms with Gasteiger partial charge in [-0.25, -0.2) is 0 Å². The van der Waals surface area contributed by atoms with Crippen LogP contribution in [0.5, 0.6) is 0 Å². The zero-order valence-corrected chi connectivity index (χ0v) is 25.5. The SMILES string of the molecule is COC(=O)[C@@H]1CCCC2/C(=[CH]\[Sn]([c]3ccccc3)([c]3ccccc3)[c]3ccccc3)CC3(CCC(=O)O3)C(=O)N21. The van der Waals surface area contributed by atoms with Crippen molar-refractivity contribution in [2.45, 2.75) is 56.2 Å². The molecule has 40 heavy (non-hydrogen) atoms. The fourth-order valence-corrected chi connectivity index (χ4v) is 19.8. The third-order valence-corrected chi connectivity index (χ3v) is 21.7. The normalized spacial score (nSPS) is 25.5. The van der Waals surface area contributed by atoms with Gasteiger partial charge in [-0.3, -0.25) is 0 Å². The van der Waals surface area contributed by atoms with Crippen molar-refractivity contribution in [2.24, 2.45) is 0 Å². The molecule has 3 atom stereocenters. The van der Waals surface area contributed by atoms with Crippen LogP contribution >= 0.6 is 0 Å². The molecular formula is C33H33NO5Sn. The first kappa shape index (κ1) is 26.8. The van der Waals surface area contributed by atoms with Crippen LogP contribution in [-0.4, -0.2) is 65.9 Å². The van der Waals surface area contributed by atoms with E-state index in [1.54, 1.807) is 4.90 Å². The Labute approximate surface area is 238 Å². The average Bonchev–Trinajstić information content (AvgIpc) is 3.39. The maximum atomic E-state index is 14.1. The number of ether oxygens (including phenoxy) is 2. The van der Waals surface area contributed by atoms with Crippen LogP contribution < -0.4 is 10.7 Å². The van der Waals surface area contributed by atoms with Crippen LogP contribution in [0, 0.1) is 0 Å². The van der Waals surface area contributed by atoms with E-state index >= 15 is 0 Å². The van der Waals surface area contributed by atoms with Gasteiger partial charge in [-0.1, -0.05) is 0 Å². The Morgan fingerprint density at radius 3 is 1.93 bits per heavy atom. The standard InChI is InChI=1S/C15H18NO5.3C6H5.Sn/c1-9-8-15(7-6-12(17)21-15)14(19)16-10(9)4-3-5-11(16)13(18)20-2;3*1-2-4-6-5-3-1;/h1,10-11H,3-8H2,2H3;3*1-5H;/t10?,11-,15?;;;;/m0..../s1. The molecule has 3 aliphatic rings. The van der Waals surface area contributed by atoms with Crippen LogP contribution in [0.1, 0.15) is 38.5 Å². The first-order chi connectivity index (χ1) is 19.5. The van der Waals surface area contributed by atoms with Gasteiger partial charge in [-0.15, -0.1) is 0 Å². The third-order valence-electron chi connectivity index (χ3n) is 8.77. The van der Waals surface area contributed by atoms with Gasteiger partial charge in [0.25, 0.3) is 0 Å². The van der Waals surface area contributed by atoms with Crippen molar-refractivity contribution in [1.29, 1.82) is 0 Å². The molecule has 7 heteroatoms. The zero-order chi connectivity index (χ0) is 27.7. The minimum absolute atomic E-state index is 0.199. The number of esters is 2. The molecule has 3 aromatic carbocycles. The number of amides is 1. The van der Waals surface area contributed by atoms with Gasteiger partial charge in [0.1, 0.15) is 0 Å².